The van der Waals surface area contributed by atoms with Crippen molar-refractivity contribution in [2.45, 2.75) is 65.2 Å². The van der Waals surface area contributed by atoms with Crippen LogP contribution < -0.4 is 10.1 Å². The summed E-state index contributed by atoms with van der Waals surface area (Å²) in [7, 11) is 1.78. The summed E-state index contributed by atoms with van der Waals surface area (Å²) < 4.78 is 26.0. The molecule has 2 heterocycles. The lowest BCUT2D eigenvalue weighted by atomic mass is 9.83. The molecule has 35 heavy (non-hydrogen) atoms. The molecule has 0 amide bonds. The predicted octanol–water partition coefficient (Wildman–Crippen LogP) is 4.75. The maximum Gasteiger partial charge on any atom is 0.160 e. The zero-order valence-electron chi connectivity index (χ0n) is 21.0. The quantitative estimate of drug-likeness (QED) is 0.454. The van der Waals surface area contributed by atoms with Gasteiger partial charge in [0.1, 0.15) is 30.4 Å². The number of aliphatic hydroxyl groups excluding tert-OH is 1. The lowest BCUT2D eigenvalue weighted by Gasteiger charge is -2.26. The van der Waals surface area contributed by atoms with Crippen LogP contribution in [0.4, 0.5) is 4.39 Å². The molecule has 2 N–H and O–H groups in total. The Hall–Kier alpha value is -2.84. The van der Waals surface area contributed by atoms with Gasteiger partial charge in [-0.2, -0.15) is 0 Å². The fraction of sp³-hybridized carbons (Fsp3) is 0.519. The van der Waals surface area contributed by atoms with Crippen LogP contribution in [0.1, 0.15) is 48.4 Å². The van der Waals surface area contributed by atoms with E-state index in [4.69, 9.17) is 19.2 Å². The van der Waals surface area contributed by atoms with E-state index >= 15 is 0 Å². The average molecular weight is 483 g/mol. The maximum atomic E-state index is 14.7. The Balaban J connectivity index is 1.73. The van der Waals surface area contributed by atoms with Crippen LogP contribution in [-0.4, -0.2) is 52.7 Å². The molecule has 3 aromatic rings. The highest BCUT2D eigenvalue weighted by Gasteiger charge is 2.28. The number of hydrogen-bond donors (Lipinski definition) is 2. The van der Waals surface area contributed by atoms with Gasteiger partial charge in [0, 0.05) is 17.8 Å². The molecule has 1 saturated carbocycles. The van der Waals surface area contributed by atoms with Crippen LogP contribution in [0, 0.1) is 26.7 Å². The molecule has 188 valence electrons. The molecule has 8 heteroatoms. The van der Waals surface area contributed by atoms with Gasteiger partial charge in [0.2, 0.25) is 0 Å². The SMILES string of the molecule is CNCC(O)COc1cccc(-c2nc(C[C@@H]3CCCC[C@@H]3F)c(C)c(-c3c(C)noc3C)n2)c1. The smallest absolute Gasteiger partial charge is 0.160 e. The van der Waals surface area contributed by atoms with E-state index in [1.165, 1.54) is 0 Å². The minimum atomic E-state index is -0.801. The minimum Gasteiger partial charge on any atom is -0.491 e. The molecular weight excluding hydrogens is 447 g/mol. The number of nitrogens with zero attached hydrogens (tertiary/aromatic N) is 3. The van der Waals surface area contributed by atoms with E-state index in [-0.39, 0.29) is 12.5 Å². The number of hydrogen-bond acceptors (Lipinski definition) is 7. The van der Waals surface area contributed by atoms with Crippen molar-refractivity contribution in [1.82, 2.24) is 20.4 Å². The lowest BCUT2D eigenvalue weighted by Crippen LogP contribution is -2.29. The summed E-state index contributed by atoms with van der Waals surface area (Å²) in [6, 6.07) is 7.53. The van der Waals surface area contributed by atoms with Crippen molar-refractivity contribution in [1.29, 1.82) is 0 Å². The first kappa shape index (κ1) is 25.3. The molecule has 0 saturated heterocycles. The van der Waals surface area contributed by atoms with Crippen LogP contribution >= 0.6 is 0 Å². The first-order valence-electron chi connectivity index (χ1n) is 12.4. The Morgan fingerprint density at radius 2 is 2.00 bits per heavy atom. The first-order chi connectivity index (χ1) is 16.9. The van der Waals surface area contributed by atoms with Gasteiger partial charge in [-0.15, -0.1) is 0 Å². The summed E-state index contributed by atoms with van der Waals surface area (Å²) in [5.74, 6) is 1.83. The van der Waals surface area contributed by atoms with Crippen molar-refractivity contribution < 1.29 is 18.8 Å². The summed E-state index contributed by atoms with van der Waals surface area (Å²) in [6.07, 6.45) is 2.66. The Labute approximate surface area is 206 Å². The number of nitrogens with one attached hydrogen (secondary N) is 1. The van der Waals surface area contributed by atoms with E-state index in [1.807, 2.05) is 45.0 Å². The molecule has 2 aromatic heterocycles. The fourth-order valence-electron chi connectivity index (χ4n) is 4.81. The van der Waals surface area contributed by atoms with Crippen molar-refractivity contribution >= 4 is 0 Å². The van der Waals surface area contributed by atoms with Gasteiger partial charge in [-0.25, -0.2) is 14.4 Å². The highest BCUT2D eigenvalue weighted by atomic mass is 19.1. The predicted molar refractivity (Wildman–Crippen MR) is 133 cm³/mol. The molecule has 0 aliphatic heterocycles. The van der Waals surface area contributed by atoms with Crippen LogP contribution in [0.15, 0.2) is 28.8 Å². The first-order valence-corrected chi connectivity index (χ1v) is 12.4. The molecule has 3 atom stereocenters. The van der Waals surface area contributed by atoms with Crippen LogP contribution in [0.2, 0.25) is 0 Å². The third-order valence-electron chi connectivity index (χ3n) is 6.76. The van der Waals surface area contributed by atoms with E-state index in [0.717, 1.165) is 53.0 Å². The highest BCUT2D eigenvalue weighted by Crippen LogP contribution is 2.35. The van der Waals surface area contributed by atoms with Crippen LogP contribution in [0.25, 0.3) is 22.6 Å². The van der Waals surface area contributed by atoms with Gasteiger partial charge in [0.05, 0.1) is 17.0 Å². The number of alkyl halides is 1. The molecule has 1 aliphatic carbocycles. The van der Waals surface area contributed by atoms with Crippen molar-refractivity contribution in [3.05, 3.63) is 47.0 Å². The molecular formula is C27H35FN4O3. The summed E-state index contributed by atoms with van der Waals surface area (Å²) in [5, 5.41) is 17.0. The summed E-state index contributed by atoms with van der Waals surface area (Å²) in [4.78, 5) is 9.85. The molecule has 1 fully saturated rings. The molecule has 0 bridgehead atoms. The van der Waals surface area contributed by atoms with Gasteiger partial charge < -0.3 is 19.7 Å². The number of benzene rings is 1. The second kappa shape index (κ2) is 11.3. The molecule has 7 nitrogen and oxygen atoms in total. The third kappa shape index (κ3) is 5.87. The monoisotopic (exact) mass is 482 g/mol. The largest absolute Gasteiger partial charge is 0.491 e. The highest BCUT2D eigenvalue weighted by molar-refractivity contribution is 5.71. The van der Waals surface area contributed by atoms with Crippen LogP contribution in [-0.2, 0) is 6.42 Å². The number of aryl methyl sites for hydroxylation is 2. The zero-order chi connectivity index (χ0) is 24.9. The van der Waals surface area contributed by atoms with E-state index in [2.05, 4.69) is 10.5 Å². The van der Waals surface area contributed by atoms with E-state index in [1.54, 1.807) is 7.05 Å². The van der Waals surface area contributed by atoms with E-state index in [0.29, 0.717) is 36.7 Å². The third-order valence-corrected chi connectivity index (χ3v) is 6.76. The molecule has 1 aromatic carbocycles. The standard InChI is InChI=1S/C27H35FN4O3/c1-16-24(13-19-8-5-6-11-23(19)28)30-27(31-26(16)25-17(2)32-35-18(25)3)20-9-7-10-22(12-20)34-15-21(33)14-29-4/h7,9-10,12,19,21,23,29,33H,5-6,8,11,13-15H2,1-4H3/t19-,21?,23-/m0/s1. The molecule has 0 radical (unpaired) electrons. The topological polar surface area (TPSA) is 93.3 Å². The molecule has 0 spiro atoms. The molecule has 1 unspecified atom stereocenters. The number of halogens is 1. The van der Waals surface area contributed by atoms with E-state index in [9.17, 15) is 9.50 Å². The van der Waals surface area contributed by atoms with Crippen molar-refractivity contribution in [2.24, 2.45) is 5.92 Å². The number of aliphatic hydroxyl groups is 1. The normalized spacial score (nSPS) is 19.0. The number of likely N-dealkylation sites (N-methyl/N-ethyl adjacent to an activating group) is 1. The second-order valence-electron chi connectivity index (χ2n) is 9.48. The van der Waals surface area contributed by atoms with Gasteiger partial charge in [-0.1, -0.05) is 30.1 Å². The van der Waals surface area contributed by atoms with Crippen molar-refractivity contribution in [2.75, 3.05) is 20.2 Å². The Bertz CT molecular complexity index is 1130. The van der Waals surface area contributed by atoms with Gasteiger partial charge in [-0.3, -0.25) is 0 Å². The Morgan fingerprint density at radius 1 is 1.20 bits per heavy atom. The summed E-state index contributed by atoms with van der Waals surface area (Å²) in [6.45, 7) is 6.39. The zero-order valence-corrected chi connectivity index (χ0v) is 21.0. The van der Waals surface area contributed by atoms with Gasteiger partial charge in [0.25, 0.3) is 0 Å². The van der Waals surface area contributed by atoms with Gasteiger partial charge in [0.15, 0.2) is 5.82 Å². The van der Waals surface area contributed by atoms with Gasteiger partial charge >= 0.3 is 0 Å². The van der Waals surface area contributed by atoms with Crippen LogP contribution in [0.5, 0.6) is 5.75 Å². The second-order valence-corrected chi connectivity index (χ2v) is 9.48. The maximum absolute atomic E-state index is 14.7. The molecule has 1 aliphatic rings. The van der Waals surface area contributed by atoms with Crippen molar-refractivity contribution in [3.8, 4) is 28.4 Å². The molecule has 4 rings (SSSR count). The Morgan fingerprint density at radius 3 is 2.71 bits per heavy atom. The van der Waals surface area contributed by atoms with E-state index < -0.39 is 12.3 Å². The number of ether oxygens (including phenoxy) is 1. The van der Waals surface area contributed by atoms with Crippen LogP contribution in [0.3, 0.4) is 0 Å². The number of rotatable bonds is 9. The summed E-state index contributed by atoms with van der Waals surface area (Å²) in [5.41, 5.74) is 4.97. The van der Waals surface area contributed by atoms with Gasteiger partial charge in [-0.05, 0) is 70.7 Å². The average Bonchev–Trinajstić information content (AvgIpc) is 3.18. The Kier molecular flexibility index (Phi) is 8.13. The summed E-state index contributed by atoms with van der Waals surface area (Å²) >= 11 is 0. The fourth-order valence-corrected chi connectivity index (χ4v) is 4.81. The number of aromatic nitrogens is 3. The minimum absolute atomic E-state index is 0.0361. The lowest BCUT2D eigenvalue weighted by molar-refractivity contribution is 0.108. The van der Waals surface area contributed by atoms with Crippen molar-refractivity contribution in [3.63, 3.8) is 0 Å².